The Morgan fingerprint density at radius 1 is 1.24 bits per heavy atom. The van der Waals surface area contributed by atoms with E-state index >= 15 is 0 Å². The van der Waals surface area contributed by atoms with E-state index in [0.29, 0.717) is 27.5 Å². The first-order valence-corrected chi connectivity index (χ1v) is 9.79. The van der Waals surface area contributed by atoms with Gasteiger partial charge in [-0.25, -0.2) is 4.39 Å². The number of aromatic nitrogens is 3. The summed E-state index contributed by atoms with van der Waals surface area (Å²) < 4.78 is 20.2. The summed E-state index contributed by atoms with van der Waals surface area (Å²) in [5.41, 5.74) is 2.15. The van der Waals surface area contributed by atoms with Gasteiger partial charge in [0.2, 0.25) is 23.2 Å². The second-order valence-corrected chi connectivity index (χ2v) is 6.98. The van der Waals surface area contributed by atoms with Crippen LogP contribution in [0.1, 0.15) is 24.3 Å². The van der Waals surface area contributed by atoms with Crippen molar-refractivity contribution < 1.29 is 13.9 Å². The van der Waals surface area contributed by atoms with Crippen LogP contribution in [0.5, 0.6) is 5.88 Å². The second kappa shape index (κ2) is 7.48. The Hall–Kier alpha value is -3.51. The second-order valence-electron chi connectivity index (χ2n) is 6.21. The lowest BCUT2D eigenvalue weighted by Gasteiger charge is -2.29. The zero-order valence-corrected chi connectivity index (χ0v) is 16.3. The number of hydrogen-bond donors (Lipinski definition) is 0. The maximum atomic E-state index is 14.1. The van der Waals surface area contributed by atoms with Gasteiger partial charge in [0.15, 0.2) is 5.69 Å². The molecule has 7 nitrogen and oxygen atoms in total. The van der Waals surface area contributed by atoms with E-state index in [1.54, 1.807) is 30.5 Å². The number of hydrogen-bond acceptors (Lipinski definition) is 7. The fraction of sp³-hybridized carbons (Fsp3) is 0.150. The lowest BCUT2D eigenvalue weighted by Crippen LogP contribution is -2.36. The molecule has 1 aliphatic heterocycles. The molecule has 3 aromatic rings. The van der Waals surface area contributed by atoms with Crippen LogP contribution in [0.15, 0.2) is 47.6 Å². The fourth-order valence-electron chi connectivity index (χ4n) is 3.10. The fourth-order valence-corrected chi connectivity index (χ4v) is 3.40. The van der Waals surface area contributed by atoms with E-state index in [1.807, 2.05) is 0 Å². The number of halogens is 1. The first kappa shape index (κ1) is 18.8. The van der Waals surface area contributed by atoms with Gasteiger partial charge in [0.05, 0.1) is 17.3 Å². The molecule has 1 aromatic heterocycles. The van der Waals surface area contributed by atoms with E-state index in [1.165, 1.54) is 41.8 Å². The van der Waals surface area contributed by atoms with Crippen LogP contribution in [-0.2, 0) is 4.79 Å². The molecule has 2 aromatic carbocycles. The van der Waals surface area contributed by atoms with Crippen molar-refractivity contribution in [3.05, 3.63) is 59.4 Å². The highest BCUT2D eigenvalue weighted by Crippen LogP contribution is 2.43. The van der Waals surface area contributed by atoms with E-state index in [9.17, 15) is 9.18 Å². The minimum atomic E-state index is -0.878. The van der Waals surface area contributed by atoms with Crippen molar-refractivity contribution in [3.8, 4) is 23.2 Å². The van der Waals surface area contributed by atoms with Gasteiger partial charge in [0.25, 0.3) is 0 Å². The Kier molecular flexibility index (Phi) is 4.86. The molecule has 0 radical (unpaired) electrons. The van der Waals surface area contributed by atoms with Gasteiger partial charge in [-0.15, -0.1) is 10.2 Å². The normalized spacial score (nSPS) is 14.8. The third kappa shape index (κ3) is 3.39. The Morgan fingerprint density at radius 2 is 2.00 bits per heavy atom. The van der Waals surface area contributed by atoms with E-state index in [-0.39, 0.29) is 17.5 Å². The first-order chi connectivity index (χ1) is 14.0. The number of thioether (sulfide) groups is 1. The summed E-state index contributed by atoms with van der Waals surface area (Å²) >= 11 is 1.29. The molecule has 0 spiro atoms. The van der Waals surface area contributed by atoms with Crippen LogP contribution < -0.4 is 9.64 Å². The lowest BCUT2D eigenvalue weighted by atomic mass is 10.1. The molecule has 0 aliphatic carbocycles. The summed E-state index contributed by atoms with van der Waals surface area (Å²) in [5, 5.41) is 17.7. The number of rotatable bonds is 2. The summed E-state index contributed by atoms with van der Waals surface area (Å²) in [6, 6.07) is 12.8. The number of anilines is 1. The largest absolute Gasteiger partial charge is 0.447 e. The molecule has 0 bridgehead atoms. The van der Waals surface area contributed by atoms with Gasteiger partial charge in [-0.2, -0.15) is 10.2 Å². The van der Waals surface area contributed by atoms with Gasteiger partial charge in [0, 0.05) is 18.1 Å². The minimum absolute atomic E-state index is 0.148. The van der Waals surface area contributed by atoms with Gasteiger partial charge in [0.1, 0.15) is 5.82 Å². The molecular formula is C20H14FN5O2S. The van der Waals surface area contributed by atoms with Crippen molar-refractivity contribution in [2.24, 2.45) is 0 Å². The predicted molar refractivity (Wildman–Crippen MR) is 105 cm³/mol. The van der Waals surface area contributed by atoms with Gasteiger partial charge < -0.3 is 4.74 Å². The van der Waals surface area contributed by atoms with Gasteiger partial charge in [-0.05, 0) is 36.6 Å². The molecule has 0 fully saturated rings. The van der Waals surface area contributed by atoms with Gasteiger partial charge in [-0.1, -0.05) is 23.9 Å². The zero-order valence-electron chi connectivity index (χ0n) is 15.5. The molecule has 4 rings (SSSR count). The van der Waals surface area contributed by atoms with E-state index in [4.69, 9.17) is 10.00 Å². The van der Waals surface area contributed by atoms with Crippen molar-refractivity contribution in [1.29, 1.82) is 5.26 Å². The van der Waals surface area contributed by atoms with Crippen molar-refractivity contribution in [1.82, 2.24) is 15.2 Å². The predicted octanol–water partition coefficient (Wildman–Crippen LogP) is 3.72. The van der Waals surface area contributed by atoms with Crippen LogP contribution in [-0.4, -0.2) is 27.3 Å². The first-order valence-electron chi connectivity index (χ1n) is 8.57. The third-order valence-electron chi connectivity index (χ3n) is 4.41. The van der Waals surface area contributed by atoms with Crippen LogP contribution in [0.25, 0.3) is 11.3 Å². The number of nitriles is 1. The highest BCUT2D eigenvalue weighted by atomic mass is 32.2. The van der Waals surface area contributed by atoms with Gasteiger partial charge >= 0.3 is 0 Å². The minimum Gasteiger partial charge on any atom is -0.447 e. The molecule has 1 unspecified atom stereocenters. The molecule has 9 heteroatoms. The molecule has 0 saturated heterocycles. The van der Waals surface area contributed by atoms with Crippen LogP contribution in [0, 0.1) is 17.1 Å². The molecule has 144 valence electrons. The maximum Gasteiger partial charge on any atom is 0.247 e. The molecule has 29 heavy (non-hydrogen) atoms. The summed E-state index contributed by atoms with van der Waals surface area (Å²) in [7, 11) is 0. The Balaban J connectivity index is 1.97. The SMILES string of the molecule is CSc1nnc2c(n1)OC(c1ccc(C#N)cc1)N(C(C)=O)c1ccc(F)cc1-2. The summed E-state index contributed by atoms with van der Waals surface area (Å²) in [4.78, 5) is 18.4. The smallest absolute Gasteiger partial charge is 0.247 e. The average molecular weight is 407 g/mol. The average Bonchev–Trinajstić information content (AvgIpc) is 2.87. The Labute approximate surface area is 170 Å². The number of amides is 1. The highest BCUT2D eigenvalue weighted by molar-refractivity contribution is 7.98. The Morgan fingerprint density at radius 3 is 2.66 bits per heavy atom. The van der Waals surface area contributed by atoms with Crippen LogP contribution in [0.3, 0.4) is 0 Å². The third-order valence-corrected chi connectivity index (χ3v) is 4.95. The number of benzene rings is 2. The highest BCUT2D eigenvalue weighted by Gasteiger charge is 2.34. The molecule has 1 atom stereocenters. The number of ether oxygens (including phenoxy) is 1. The Bertz CT molecular complexity index is 1150. The van der Waals surface area contributed by atoms with Crippen LogP contribution in [0.2, 0.25) is 0 Å². The van der Waals surface area contributed by atoms with E-state index < -0.39 is 12.0 Å². The van der Waals surface area contributed by atoms with Crippen molar-refractivity contribution >= 4 is 23.4 Å². The van der Waals surface area contributed by atoms with Crippen molar-refractivity contribution in [3.63, 3.8) is 0 Å². The van der Waals surface area contributed by atoms with Crippen molar-refractivity contribution in [2.45, 2.75) is 18.3 Å². The standard InChI is InChI=1S/C20H14FN5O2S/c1-11(27)26-16-8-7-14(21)9-15(16)17-18(23-20(29-2)25-24-17)28-19(26)13-5-3-12(10-22)4-6-13/h3-9,19H,1-2H3. The molecule has 1 aliphatic rings. The number of nitrogens with zero attached hydrogens (tertiary/aromatic N) is 5. The molecule has 0 saturated carbocycles. The van der Waals surface area contributed by atoms with E-state index in [2.05, 4.69) is 21.3 Å². The summed E-state index contributed by atoms with van der Waals surface area (Å²) in [5.74, 6) is -0.641. The van der Waals surface area contributed by atoms with Crippen LogP contribution in [0.4, 0.5) is 10.1 Å². The molecule has 2 heterocycles. The number of carbonyl (C=O) groups excluding carboxylic acids is 1. The van der Waals surface area contributed by atoms with Gasteiger partial charge in [-0.3, -0.25) is 9.69 Å². The van der Waals surface area contributed by atoms with E-state index in [0.717, 1.165) is 0 Å². The zero-order chi connectivity index (χ0) is 20.5. The molecule has 0 N–H and O–H groups in total. The maximum absolute atomic E-state index is 14.1. The molecule has 1 amide bonds. The number of fused-ring (bicyclic) bond motifs is 3. The monoisotopic (exact) mass is 407 g/mol. The summed E-state index contributed by atoms with van der Waals surface area (Å²) in [6.45, 7) is 1.40. The quantitative estimate of drug-likeness (QED) is 0.598. The molecular weight excluding hydrogens is 393 g/mol. The van der Waals surface area contributed by atoms with Crippen molar-refractivity contribution in [2.75, 3.05) is 11.2 Å². The summed E-state index contributed by atoms with van der Waals surface area (Å²) in [6.07, 6.45) is 0.922. The topological polar surface area (TPSA) is 92.0 Å². The lowest BCUT2D eigenvalue weighted by molar-refractivity contribution is -0.118. The number of carbonyl (C=O) groups is 1. The van der Waals surface area contributed by atoms with Crippen LogP contribution >= 0.6 is 11.8 Å².